The van der Waals surface area contributed by atoms with Crippen molar-refractivity contribution >= 4 is 11.7 Å². The number of nitrogens with zero attached hydrogens (tertiary/aromatic N) is 1. The molecule has 0 aromatic heterocycles. The van der Waals surface area contributed by atoms with Crippen molar-refractivity contribution in [2.45, 2.75) is 50.1 Å². The predicted molar refractivity (Wildman–Crippen MR) is 135 cm³/mol. The van der Waals surface area contributed by atoms with Gasteiger partial charge in [-0.15, -0.1) is 0 Å². The number of aliphatic carboxylic acids is 1. The van der Waals surface area contributed by atoms with Gasteiger partial charge in [-0.2, -0.15) is 0 Å². The molecule has 0 amide bonds. The van der Waals surface area contributed by atoms with E-state index in [1.807, 2.05) is 24.3 Å². The maximum Gasteiger partial charge on any atom is 0.304 e. The highest BCUT2D eigenvalue weighted by atomic mass is 19.1. The number of fused-ring (bicyclic) bond motifs is 1. The second-order valence-electron chi connectivity index (χ2n) is 9.87. The Morgan fingerprint density at radius 3 is 2.97 bits per heavy atom. The van der Waals surface area contributed by atoms with Crippen molar-refractivity contribution in [1.29, 1.82) is 0 Å². The standard InChI is InChI=1S/C28H37FN2O4/c1-34-14-15-35-25-6-2-4-23(17-25)24(18-27(32)33)19-31-13-11-28(29,20-31)10-9-21-7-8-22-5-3-12-30-26(22)16-21/h2,4,6-8,16-17,24,30H,3,5,9-15,18-20H2,1H3,(H,32,33). The summed E-state index contributed by atoms with van der Waals surface area (Å²) in [6, 6.07) is 14.0. The minimum absolute atomic E-state index is 0.000560. The molecule has 2 aromatic carbocycles. The fraction of sp³-hybridized carbons (Fsp3) is 0.536. The van der Waals surface area contributed by atoms with Crippen LogP contribution in [0.2, 0.25) is 0 Å². The molecule has 1 fully saturated rings. The van der Waals surface area contributed by atoms with Crippen LogP contribution in [-0.4, -0.2) is 68.1 Å². The summed E-state index contributed by atoms with van der Waals surface area (Å²) in [4.78, 5) is 13.7. The molecule has 2 aliphatic rings. The molecule has 2 heterocycles. The van der Waals surface area contributed by atoms with Crippen LogP contribution in [0.15, 0.2) is 42.5 Å². The van der Waals surface area contributed by atoms with Gasteiger partial charge in [0.25, 0.3) is 0 Å². The average molecular weight is 485 g/mol. The highest BCUT2D eigenvalue weighted by Gasteiger charge is 2.38. The van der Waals surface area contributed by atoms with E-state index in [1.165, 1.54) is 16.8 Å². The summed E-state index contributed by atoms with van der Waals surface area (Å²) in [6.45, 7) is 3.41. The van der Waals surface area contributed by atoms with E-state index in [1.54, 1.807) is 7.11 Å². The Labute approximate surface area is 207 Å². The zero-order valence-electron chi connectivity index (χ0n) is 20.6. The third-order valence-electron chi connectivity index (χ3n) is 7.14. The first kappa shape index (κ1) is 25.5. The van der Waals surface area contributed by atoms with Gasteiger partial charge in [0, 0.05) is 44.9 Å². The molecule has 2 aliphatic heterocycles. The number of rotatable bonds is 12. The summed E-state index contributed by atoms with van der Waals surface area (Å²) < 4.78 is 26.5. The SMILES string of the molecule is COCCOc1cccc(C(CC(=O)O)CN2CCC(F)(CCc3ccc4c(c3)NCCC4)C2)c1. The molecule has 0 saturated carbocycles. The van der Waals surface area contributed by atoms with Gasteiger partial charge >= 0.3 is 5.97 Å². The second kappa shape index (κ2) is 11.9. The van der Waals surface area contributed by atoms with Gasteiger partial charge in [-0.05, 0) is 67.0 Å². The van der Waals surface area contributed by atoms with Crippen LogP contribution in [0.4, 0.5) is 10.1 Å². The Bertz CT molecular complexity index is 1000. The molecule has 0 aliphatic carbocycles. The Hall–Kier alpha value is -2.64. The smallest absolute Gasteiger partial charge is 0.304 e. The van der Waals surface area contributed by atoms with Crippen molar-refractivity contribution in [3.8, 4) is 5.75 Å². The number of alkyl halides is 1. The third kappa shape index (κ3) is 7.18. The number of methoxy groups -OCH3 is 1. The van der Waals surface area contributed by atoms with Crippen molar-refractivity contribution in [3.05, 3.63) is 59.2 Å². The van der Waals surface area contributed by atoms with Gasteiger partial charge in [-0.25, -0.2) is 4.39 Å². The Morgan fingerprint density at radius 1 is 1.26 bits per heavy atom. The van der Waals surface area contributed by atoms with Crippen LogP contribution in [0.3, 0.4) is 0 Å². The molecule has 0 radical (unpaired) electrons. The number of carbonyl (C=O) groups is 1. The number of halogens is 1. The number of nitrogens with one attached hydrogen (secondary N) is 1. The molecule has 2 N–H and O–H groups in total. The number of hydrogen-bond donors (Lipinski definition) is 2. The summed E-state index contributed by atoms with van der Waals surface area (Å²) in [5.74, 6) is -0.393. The van der Waals surface area contributed by atoms with Gasteiger partial charge in [-0.1, -0.05) is 24.3 Å². The Morgan fingerprint density at radius 2 is 2.14 bits per heavy atom. The summed E-state index contributed by atoms with van der Waals surface area (Å²) in [5, 5.41) is 13.0. The van der Waals surface area contributed by atoms with Crippen LogP contribution < -0.4 is 10.1 Å². The van der Waals surface area contributed by atoms with E-state index in [9.17, 15) is 9.90 Å². The maximum atomic E-state index is 15.7. The molecule has 2 aromatic rings. The summed E-state index contributed by atoms with van der Waals surface area (Å²) in [5.41, 5.74) is 3.37. The number of carboxylic acid groups (broad SMARTS) is 1. The highest BCUT2D eigenvalue weighted by Crippen LogP contribution is 2.34. The third-order valence-corrected chi connectivity index (χ3v) is 7.14. The monoisotopic (exact) mass is 484 g/mol. The molecule has 2 atom stereocenters. The summed E-state index contributed by atoms with van der Waals surface area (Å²) >= 11 is 0. The van der Waals surface area contributed by atoms with E-state index >= 15 is 4.39 Å². The number of likely N-dealkylation sites (tertiary alicyclic amines) is 1. The predicted octanol–water partition coefficient (Wildman–Crippen LogP) is 4.68. The van der Waals surface area contributed by atoms with Crippen LogP contribution in [0.25, 0.3) is 0 Å². The average Bonchev–Trinajstić information content (AvgIpc) is 3.23. The van der Waals surface area contributed by atoms with Crippen molar-refractivity contribution in [2.75, 3.05) is 51.8 Å². The van der Waals surface area contributed by atoms with E-state index in [0.29, 0.717) is 57.9 Å². The molecular weight excluding hydrogens is 447 g/mol. The van der Waals surface area contributed by atoms with E-state index in [2.05, 4.69) is 28.4 Å². The number of hydrogen-bond acceptors (Lipinski definition) is 5. The lowest BCUT2D eigenvalue weighted by Crippen LogP contribution is -2.32. The van der Waals surface area contributed by atoms with Crippen molar-refractivity contribution in [3.63, 3.8) is 0 Å². The van der Waals surface area contributed by atoms with E-state index in [4.69, 9.17) is 9.47 Å². The zero-order chi connectivity index (χ0) is 24.7. The van der Waals surface area contributed by atoms with Gasteiger partial charge in [-0.3, -0.25) is 9.69 Å². The van der Waals surface area contributed by atoms with Crippen LogP contribution in [-0.2, 0) is 22.4 Å². The second-order valence-corrected chi connectivity index (χ2v) is 9.87. The van der Waals surface area contributed by atoms with E-state index in [-0.39, 0.29) is 12.3 Å². The molecule has 7 heteroatoms. The molecule has 2 unspecified atom stereocenters. The molecule has 0 spiro atoms. The van der Waals surface area contributed by atoms with E-state index in [0.717, 1.165) is 24.9 Å². The maximum absolute atomic E-state index is 15.7. The van der Waals surface area contributed by atoms with Gasteiger partial charge < -0.3 is 19.9 Å². The van der Waals surface area contributed by atoms with Gasteiger partial charge in [0.1, 0.15) is 18.0 Å². The molecule has 1 saturated heterocycles. The first-order chi connectivity index (χ1) is 16.9. The number of carboxylic acids is 1. The first-order valence-electron chi connectivity index (χ1n) is 12.6. The van der Waals surface area contributed by atoms with Crippen molar-refractivity contribution < 1.29 is 23.8 Å². The van der Waals surface area contributed by atoms with Crippen molar-refractivity contribution in [2.24, 2.45) is 0 Å². The number of benzene rings is 2. The molecule has 190 valence electrons. The van der Waals surface area contributed by atoms with Gasteiger partial charge in [0.05, 0.1) is 13.0 Å². The van der Waals surface area contributed by atoms with Crippen LogP contribution in [0.5, 0.6) is 5.75 Å². The fourth-order valence-corrected chi connectivity index (χ4v) is 5.22. The first-order valence-corrected chi connectivity index (χ1v) is 12.6. The van der Waals surface area contributed by atoms with Crippen LogP contribution in [0.1, 0.15) is 48.3 Å². The molecule has 6 nitrogen and oxygen atoms in total. The van der Waals surface area contributed by atoms with Gasteiger partial charge in [0.15, 0.2) is 0 Å². The number of aryl methyl sites for hydroxylation is 2. The minimum atomic E-state index is -1.25. The lowest BCUT2D eigenvalue weighted by molar-refractivity contribution is -0.137. The normalized spacial score (nSPS) is 20.7. The Balaban J connectivity index is 1.35. The lowest BCUT2D eigenvalue weighted by atomic mass is 9.93. The number of ether oxygens (including phenoxy) is 2. The minimum Gasteiger partial charge on any atom is -0.491 e. The largest absolute Gasteiger partial charge is 0.491 e. The summed E-state index contributed by atoms with van der Waals surface area (Å²) in [7, 11) is 1.62. The van der Waals surface area contributed by atoms with Crippen LogP contribution in [0, 0.1) is 0 Å². The quantitative estimate of drug-likeness (QED) is 0.427. The van der Waals surface area contributed by atoms with Crippen molar-refractivity contribution in [1.82, 2.24) is 4.90 Å². The zero-order valence-corrected chi connectivity index (χ0v) is 20.6. The molecule has 0 bridgehead atoms. The highest BCUT2D eigenvalue weighted by molar-refractivity contribution is 5.68. The molecular formula is C28H37FN2O4. The van der Waals surface area contributed by atoms with Crippen LogP contribution >= 0.6 is 0 Å². The lowest BCUT2D eigenvalue weighted by Gasteiger charge is -2.25. The molecule has 35 heavy (non-hydrogen) atoms. The topological polar surface area (TPSA) is 71.0 Å². The molecule has 4 rings (SSSR count). The number of anilines is 1. The van der Waals surface area contributed by atoms with E-state index < -0.39 is 11.6 Å². The fourth-order valence-electron chi connectivity index (χ4n) is 5.22. The Kier molecular flexibility index (Phi) is 8.63. The van der Waals surface area contributed by atoms with Gasteiger partial charge in [0.2, 0.25) is 0 Å². The summed E-state index contributed by atoms with van der Waals surface area (Å²) in [6.07, 6.45) is 3.93.